The maximum absolute atomic E-state index is 11.9. The van der Waals surface area contributed by atoms with Crippen LogP contribution in [0.2, 0.25) is 0 Å². The van der Waals surface area contributed by atoms with Gasteiger partial charge in [-0.2, -0.15) is 5.10 Å². The molecule has 1 aromatic heterocycles. The number of carbonyl (C=O) groups excluding carboxylic acids is 1. The number of methoxy groups -OCH3 is 1. The van der Waals surface area contributed by atoms with Crippen LogP contribution in [0.15, 0.2) is 22.7 Å². The highest BCUT2D eigenvalue weighted by Crippen LogP contribution is 2.26. The van der Waals surface area contributed by atoms with E-state index < -0.39 is 10.9 Å². The van der Waals surface area contributed by atoms with Gasteiger partial charge >= 0.3 is 11.7 Å². The highest BCUT2D eigenvalue weighted by molar-refractivity contribution is 9.10. The summed E-state index contributed by atoms with van der Waals surface area (Å²) < 4.78 is 12.4. The normalized spacial score (nSPS) is 10.5. The van der Waals surface area contributed by atoms with Crippen LogP contribution >= 0.6 is 15.9 Å². The van der Waals surface area contributed by atoms with Gasteiger partial charge in [0.2, 0.25) is 0 Å². The van der Waals surface area contributed by atoms with Crippen LogP contribution in [-0.4, -0.2) is 27.8 Å². The van der Waals surface area contributed by atoms with E-state index in [2.05, 4.69) is 21.0 Å². The molecule has 2 rings (SSSR count). The minimum Gasteiger partial charge on any atom is -0.496 e. The van der Waals surface area contributed by atoms with Crippen molar-refractivity contribution in [1.29, 1.82) is 0 Å². The first kappa shape index (κ1) is 17.9. The van der Waals surface area contributed by atoms with Crippen LogP contribution in [0.4, 0.5) is 5.69 Å². The molecular formula is C15H16BrN3O5. The monoisotopic (exact) mass is 397 g/mol. The van der Waals surface area contributed by atoms with Crippen molar-refractivity contribution >= 4 is 27.6 Å². The first-order chi connectivity index (χ1) is 11.3. The minimum atomic E-state index is -0.526. The number of benzene rings is 1. The van der Waals surface area contributed by atoms with E-state index in [1.807, 2.05) is 0 Å². The molecule has 0 spiro atoms. The fourth-order valence-corrected chi connectivity index (χ4v) is 2.83. The third-order valence-corrected chi connectivity index (χ3v) is 4.04. The molecule has 0 atom stereocenters. The Balaban J connectivity index is 2.00. The Kier molecular flexibility index (Phi) is 5.55. The SMILES string of the molecule is COc1ccc(COC(=O)Cn2nc(C)c([N+](=O)[O-])c2C)cc1Br. The smallest absolute Gasteiger partial charge is 0.328 e. The first-order valence-electron chi connectivity index (χ1n) is 7.00. The van der Waals surface area contributed by atoms with E-state index in [1.54, 1.807) is 32.2 Å². The zero-order chi connectivity index (χ0) is 17.9. The Bertz CT molecular complexity index is 788. The second kappa shape index (κ2) is 7.43. The standard InChI is InChI=1S/C15H16BrN3O5/c1-9-15(19(21)22)10(2)18(17-9)7-14(20)24-8-11-4-5-13(23-3)12(16)6-11/h4-6H,7-8H2,1-3H3. The Morgan fingerprint density at radius 2 is 2.12 bits per heavy atom. The molecule has 0 unspecified atom stereocenters. The van der Waals surface area contributed by atoms with Crippen LogP contribution in [0.25, 0.3) is 0 Å². The molecule has 24 heavy (non-hydrogen) atoms. The second-order valence-corrected chi connectivity index (χ2v) is 5.92. The third-order valence-electron chi connectivity index (χ3n) is 3.42. The molecule has 1 heterocycles. The number of nitrogens with zero attached hydrogens (tertiary/aromatic N) is 3. The second-order valence-electron chi connectivity index (χ2n) is 5.06. The number of hydrogen-bond donors (Lipinski definition) is 0. The van der Waals surface area contributed by atoms with Gasteiger partial charge in [-0.25, -0.2) is 0 Å². The zero-order valence-corrected chi connectivity index (χ0v) is 15.0. The summed E-state index contributed by atoms with van der Waals surface area (Å²) in [5.41, 5.74) is 1.29. The summed E-state index contributed by atoms with van der Waals surface area (Å²) in [6.07, 6.45) is 0. The summed E-state index contributed by atoms with van der Waals surface area (Å²) in [5.74, 6) is 0.155. The number of rotatable bonds is 6. The lowest BCUT2D eigenvalue weighted by molar-refractivity contribution is -0.386. The average Bonchev–Trinajstić information content (AvgIpc) is 2.79. The zero-order valence-electron chi connectivity index (χ0n) is 13.4. The number of hydrogen-bond acceptors (Lipinski definition) is 6. The number of halogens is 1. The van der Waals surface area contributed by atoms with Crippen LogP contribution in [0, 0.1) is 24.0 Å². The van der Waals surface area contributed by atoms with E-state index in [-0.39, 0.29) is 24.5 Å². The van der Waals surface area contributed by atoms with Gasteiger partial charge in [0.05, 0.1) is 16.5 Å². The van der Waals surface area contributed by atoms with Crippen molar-refractivity contribution in [2.45, 2.75) is 27.0 Å². The van der Waals surface area contributed by atoms with Crippen molar-refractivity contribution in [3.8, 4) is 5.75 Å². The third kappa shape index (κ3) is 3.91. The predicted octanol–water partition coefficient (Wildman–Crippen LogP) is 2.92. The lowest BCUT2D eigenvalue weighted by Gasteiger charge is -2.08. The molecule has 0 N–H and O–H groups in total. The predicted molar refractivity (Wildman–Crippen MR) is 88.8 cm³/mol. The highest BCUT2D eigenvalue weighted by Gasteiger charge is 2.23. The largest absolute Gasteiger partial charge is 0.496 e. The Morgan fingerprint density at radius 1 is 1.42 bits per heavy atom. The van der Waals surface area contributed by atoms with Gasteiger partial charge in [-0.05, 0) is 47.5 Å². The number of aryl methyl sites for hydroxylation is 1. The van der Waals surface area contributed by atoms with E-state index in [0.29, 0.717) is 11.4 Å². The van der Waals surface area contributed by atoms with E-state index in [9.17, 15) is 14.9 Å². The van der Waals surface area contributed by atoms with Crippen molar-refractivity contribution in [3.63, 3.8) is 0 Å². The summed E-state index contributed by atoms with van der Waals surface area (Å²) in [7, 11) is 1.56. The lowest BCUT2D eigenvalue weighted by atomic mass is 10.2. The fourth-order valence-electron chi connectivity index (χ4n) is 2.24. The first-order valence-corrected chi connectivity index (χ1v) is 7.79. The average molecular weight is 398 g/mol. The van der Waals surface area contributed by atoms with Gasteiger partial charge in [0, 0.05) is 0 Å². The van der Waals surface area contributed by atoms with Crippen molar-refractivity contribution in [2.24, 2.45) is 0 Å². The molecule has 9 heteroatoms. The molecule has 1 aromatic carbocycles. The van der Waals surface area contributed by atoms with E-state index in [4.69, 9.17) is 9.47 Å². The van der Waals surface area contributed by atoms with Crippen LogP contribution in [-0.2, 0) is 22.7 Å². The molecule has 0 radical (unpaired) electrons. The van der Waals surface area contributed by atoms with Gasteiger partial charge in [0.25, 0.3) is 0 Å². The van der Waals surface area contributed by atoms with Crippen molar-refractivity contribution in [2.75, 3.05) is 7.11 Å². The molecule has 128 valence electrons. The van der Waals surface area contributed by atoms with Gasteiger partial charge in [-0.3, -0.25) is 19.6 Å². The van der Waals surface area contributed by atoms with E-state index in [1.165, 1.54) is 11.6 Å². The summed E-state index contributed by atoms with van der Waals surface area (Å²) in [6.45, 7) is 2.98. The number of esters is 1. The number of nitro groups is 1. The molecule has 2 aromatic rings. The minimum absolute atomic E-state index is 0.0816. The molecule has 0 saturated carbocycles. The van der Waals surface area contributed by atoms with Gasteiger partial charge in [-0.15, -0.1) is 0 Å². The van der Waals surface area contributed by atoms with Crippen LogP contribution in [0.3, 0.4) is 0 Å². The van der Waals surface area contributed by atoms with E-state index >= 15 is 0 Å². The molecule has 0 saturated heterocycles. The van der Waals surface area contributed by atoms with Crippen LogP contribution in [0.1, 0.15) is 17.0 Å². The Hall–Kier alpha value is -2.42. The highest BCUT2D eigenvalue weighted by atomic mass is 79.9. The Labute approximate surface area is 146 Å². The van der Waals surface area contributed by atoms with Crippen molar-refractivity contribution in [1.82, 2.24) is 9.78 Å². The van der Waals surface area contributed by atoms with Crippen molar-refractivity contribution < 1.29 is 19.2 Å². The van der Waals surface area contributed by atoms with Gasteiger partial charge < -0.3 is 9.47 Å². The number of ether oxygens (including phenoxy) is 2. The Morgan fingerprint density at radius 3 is 2.67 bits per heavy atom. The molecule has 0 fully saturated rings. The quantitative estimate of drug-likeness (QED) is 0.422. The van der Waals surface area contributed by atoms with Crippen molar-refractivity contribution in [3.05, 3.63) is 49.7 Å². The van der Waals surface area contributed by atoms with Gasteiger partial charge in [0.15, 0.2) is 0 Å². The molecular weight excluding hydrogens is 382 g/mol. The van der Waals surface area contributed by atoms with Gasteiger partial charge in [0.1, 0.15) is 30.3 Å². The summed E-state index contributed by atoms with van der Waals surface area (Å²) in [5, 5.41) is 15.0. The molecule has 0 aliphatic rings. The van der Waals surface area contributed by atoms with E-state index in [0.717, 1.165) is 10.0 Å². The maximum atomic E-state index is 11.9. The van der Waals surface area contributed by atoms with Crippen LogP contribution in [0.5, 0.6) is 5.75 Å². The molecule has 0 aliphatic carbocycles. The molecule has 0 aliphatic heterocycles. The topological polar surface area (TPSA) is 96.5 Å². The fraction of sp³-hybridized carbons (Fsp3) is 0.333. The molecule has 0 bridgehead atoms. The van der Waals surface area contributed by atoms with Crippen LogP contribution < -0.4 is 4.74 Å². The number of carbonyl (C=O) groups is 1. The summed E-state index contributed by atoms with van der Waals surface area (Å²) >= 11 is 3.36. The van der Waals surface area contributed by atoms with Gasteiger partial charge in [-0.1, -0.05) is 6.07 Å². The summed E-state index contributed by atoms with van der Waals surface area (Å²) in [6, 6.07) is 5.34. The number of aromatic nitrogens is 2. The summed E-state index contributed by atoms with van der Waals surface area (Å²) in [4.78, 5) is 22.4. The molecule has 8 nitrogen and oxygen atoms in total. The maximum Gasteiger partial charge on any atom is 0.328 e. The lowest BCUT2D eigenvalue weighted by Crippen LogP contribution is -2.15. The molecule has 0 amide bonds.